The summed E-state index contributed by atoms with van der Waals surface area (Å²) in [7, 11) is 0. The molecule has 0 bridgehead atoms. The largest absolute Gasteiger partial charge is 0.493 e. The van der Waals surface area contributed by atoms with Gasteiger partial charge >= 0.3 is 0 Å². The van der Waals surface area contributed by atoms with Crippen LogP contribution in [0.4, 0.5) is 0 Å². The van der Waals surface area contributed by atoms with Gasteiger partial charge in [0.05, 0.1) is 24.6 Å². The smallest absolute Gasteiger partial charge is 0.241 e. The molecule has 1 fully saturated rings. The molecule has 0 aliphatic carbocycles. The quantitative estimate of drug-likeness (QED) is 0.866. The topological polar surface area (TPSA) is 94.5 Å². The zero-order valence-corrected chi connectivity index (χ0v) is 13.1. The van der Waals surface area contributed by atoms with Crippen molar-refractivity contribution in [2.45, 2.75) is 19.9 Å². The summed E-state index contributed by atoms with van der Waals surface area (Å²) in [6, 6.07) is 7.60. The number of rotatable bonds is 6. The number of para-hydroxylation sites is 1. The molecule has 7 heteroatoms. The maximum absolute atomic E-state index is 11.2. The van der Waals surface area contributed by atoms with Gasteiger partial charge in [-0.25, -0.2) is 0 Å². The summed E-state index contributed by atoms with van der Waals surface area (Å²) >= 11 is 0. The normalized spacial score (nSPS) is 18.2. The number of amides is 1. The molecule has 2 heterocycles. The van der Waals surface area contributed by atoms with Crippen molar-refractivity contribution in [3.63, 3.8) is 0 Å². The van der Waals surface area contributed by atoms with E-state index in [2.05, 4.69) is 15.0 Å². The van der Waals surface area contributed by atoms with E-state index in [0.717, 1.165) is 24.3 Å². The summed E-state index contributed by atoms with van der Waals surface area (Å²) in [5, 5.41) is 4.04. The van der Waals surface area contributed by atoms with Crippen LogP contribution in [0, 0.1) is 5.92 Å². The van der Waals surface area contributed by atoms with E-state index in [-0.39, 0.29) is 11.8 Å². The third-order valence-corrected chi connectivity index (χ3v) is 3.93. The molecule has 122 valence electrons. The molecule has 23 heavy (non-hydrogen) atoms. The lowest BCUT2D eigenvalue weighted by Gasteiger charge is -2.11. The van der Waals surface area contributed by atoms with Gasteiger partial charge in [-0.1, -0.05) is 17.3 Å². The van der Waals surface area contributed by atoms with Crippen molar-refractivity contribution in [1.82, 2.24) is 15.0 Å². The van der Waals surface area contributed by atoms with Crippen molar-refractivity contribution in [3.8, 4) is 17.1 Å². The molecule has 1 atom stereocenters. The molecule has 1 aromatic heterocycles. The Morgan fingerprint density at radius 1 is 1.48 bits per heavy atom. The number of primary amides is 1. The van der Waals surface area contributed by atoms with Gasteiger partial charge in [-0.3, -0.25) is 9.69 Å². The lowest BCUT2D eigenvalue weighted by molar-refractivity contribution is -0.121. The average Bonchev–Trinajstić information content (AvgIpc) is 3.18. The standard InChI is InChI=1S/C16H20N4O3/c1-2-22-13-6-4-3-5-12(13)16-18-14(23-19-16)10-20-8-7-11(9-20)15(17)21/h3-6,11H,2,7-10H2,1H3,(H2,17,21). The first-order chi connectivity index (χ1) is 11.2. The number of benzene rings is 1. The van der Waals surface area contributed by atoms with Gasteiger partial charge in [0, 0.05) is 6.54 Å². The van der Waals surface area contributed by atoms with E-state index in [1.54, 1.807) is 0 Å². The van der Waals surface area contributed by atoms with Crippen molar-refractivity contribution < 1.29 is 14.1 Å². The lowest BCUT2D eigenvalue weighted by atomic mass is 10.1. The number of likely N-dealkylation sites (tertiary alicyclic amines) is 1. The van der Waals surface area contributed by atoms with Crippen LogP contribution in [0.5, 0.6) is 5.75 Å². The van der Waals surface area contributed by atoms with Crippen LogP contribution in [0.1, 0.15) is 19.2 Å². The average molecular weight is 316 g/mol. The highest BCUT2D eigenvalue weighted by atomic mass is 16.5. The van der Waals surface area contributed by atoms with Gasteiger partial charge < -0.3 is 15.0 Å². The fourth-order valence-corrected chi connectivity index (χ4v) is 2.76. The zero-order chi connectivity index (χ0) is 16.2. The fourth-order valence-electron chi connectivity index (χ4n) is 2.76. The summed E-state index contributed by atoms with van der Waals surface area (Å²) in [6.45, 7) is 4.47. The van der Waals surface area contributed by atoms with Crippen LogP contribution in [0.25, 0.3) is 11.4 Å². The molecule has 0 saturated carbocycles. The minimum Gasteiger partial charge on any atom is -0.493 e. The number of hydrogen-bond acceptors (Lipinski definition) is 6. The molecular formula is C16H20N4O3. The number of hydrogen-bond donors (Lipinski definition) is 1. The van der Waals surface area contributed by atoms with E-state index in [1.165, 1.54) is 0 Å². The number of carbonyl (C=O) groups is 1. The number of nitrogens with zero attached hydrogens (tertiary/aromatic N) is 3. The van der Waals surface area contributed by atoms with Crippen LogP contribution >= 0.6 is 0 Å². The van der Waals surface area contributed by atoms with Crippen molar-refractivity contribution in [2.24, 2.45) is 11.7 Å². The SMILES string of the molecule is CCOc1ccccc1-c1noc(CN2CCC(C(N)=O)C2)n1. The highest BCUT2D eigenvalue weighted by molar-refractivity contribution is 5.77. The Morgan fingerprint density at radius 3 is 3.04 bits per heavy atom. The number of ether oxygens (including phenoxy) is 1. The highest BCUT2D eigenvalue weighted by Crippen LogP contribution is 2.28. The van der Waals surface area contributed by atoms with Crippen LogP contribution in [0.15, 0.2) is 28.8 Å². The number of nitrogens with two attached hydrogens (primary N) is 1. The first-order valence-corrected chi connectivity index (χ1v) is 7.73. The van der Waals surface area contributed by atoms with E-state index in [4.69, 9.17) is 15.0 Å². The van der Waals surface area contributed by atoms with Crippen LogP contribution in [-0.2, 0) is 11.3 Å². The Balaban J connectivity index is 1.70. The predicted octanol–water partition coefficient (Wildman–Crippen LogP) is 1.44. The Hall–Kier alpha value is -2.41. The third-order valence-electron chi connectivity index (χ3n) is 3.93. The highest BCUT2D eigenvalue weighted by Gasteiger charge is 2.27. The first-order valence-electron chi connectivity index (χ1n) is 7.73. The molecule has 2 aromatic rings. The van der Waals surface area contributed by atoms with Crippen LogP contribution < -0.4 is 10.5 Å². The van der Waals surface area contributed by atoms with E-state index in [1.807, 2.05) is 31.2 Å². The molecule has 7 nitrogen and oxygen atoms in total. The fraction of sp³-hybridized carbons (Fsp3) is 0.438. The molecule has 0 spiro atoms. The minimum absolute atomic E-state index is 0.0870. The molecule has 1 unspecified atom stereocenters. The number of aromatic nitrogens is 2. The first kappa shape index (κ1) is 15.5. The monoisotopic (exact) mass is 316 g/mol. The molecule has 1 aliphatic heterocycles. The van der Waals surface area contributed by atoms with Gasteiger partial charge in [-0.05, 0) is 32.0 Å². The van der Waals surface area contributed by atoms with Crippen LogP contribution in [-0.4, -0.2) is 40.6 Å². The van der Waals surface area contributed by atoms with Crippen molar-refractivity contribution in [2.75, 3.05) is 19.7 Å². The van der Waals surface area contributed by atoms with Crippen molar-refractivity contribution in [1.29, 1.82) is 0 Å². The van der Waals surface area contributed by atoms with Gasteiger partial charge in [0.2, 0.25) is 17.6 Å². The van der Waals surface area contributed by atoms with E-state index < -0.39 is 0 Å². The Kier molecular flexibility index (Phi) is 4.57. The summed E-state index contributed by atoms with van der Waals surface area (Å²) in [4.78, 5) is 17.8. The van der Waals surface area contributed by atoms with Crippen molar-refractivity contribution >= 4 is 5.91 Å². The Bertz CT molecular complexity index is 685. The summed E-state index contributed by atoms with van der Waals surface area (Å²) in [5.74, 6) is 1.43. The predicted molar refractivity (Wildman–Crippen MR) is 83.5 cm³/mol. The van der Waals surface area contributed by atoms with Crippen LogP contribution in [0.3, 0.4) is 0 Å². The van der Waals surface area contributed by atoms with E-state index in [0.29, 0.717) is 31.4 Å². The minimum atomic E-state index is -0.246. The second-order valence-electron chi connectivity index (χ2n) is 5.56. The van der Waals surface area contributed by atoms with Gasteiger partial charge in [0.1, 0.15) is 5.75 Å². The van der Waals surface area contributed by atoms with Gasteiger partial charge in [0.15, 0.2) is 0 Å². The number of carbonyl (C=O) groups excluding carboxylic acids is 1. The molecule has 1 amide bonds. The lowest BCUT2D eigenvalue weighted by Crippen LogP contribution is -2.27. The third kappa shape index (κ3) is 3.50. The molecule has 2 N–H and O–H groups in total. The Morgan fingerprint density at radius 2 is 2.30 bits per heavy atom. The van der Waals surface area contributed by atoms with Gasteiger partial charge in [-0.15, -0.1) is 0 Å². The second-order valence-corrected chi connectivity index (χ2v) is 5.56. The van der Waals surface area contributed by atoms with E-state index in [9.17, 15) is 4.79 Å². The molecule has 0 radical (unpaired) electrons. The summed E-state index contributed by atoms with van der Waals surface area (Å²) in [6.07, 6.45) is 0.781. The van der Waals surface area contributed by atoms with Crippen LogP contribution in [0.2, 0.25) is 0 Å². The maximum Gasteiger partial charge on any atom is 0.241 e. The molecule has 1 aliphatic rings. The maximum atomic E-state index is 11.2. The van der Waals surface area contributed by atoms with Gasteiger partial charge in [0.25, 0.3) is 0 Å². The Labute approximate surface area is 134 Å². The molecule has 3 rings (SSSR count). The van der Waals surface area contributed by atoms with Gasteiger partial charge in [-0.2, -0.15) is 4.98 Å². The zero-order valence-electron chi connectivity index (χ0n) is 13.1. The van der Waals surface area contributed by atoms with E-state index >= 15 is 0 Å². The summed E-state index contributed by atoms with van der Waals surface area (Å²) in [5.41, 5.74) is 6.15. The molecule has 1 saturated heterocycles. The molecule has 1 aromatic carbocycles. The molecular weight excluding hydrogens is 296 g/mol. The van der Waals surface area contributed by atoms with Crippen molar-refractivity contribution in [3.05, 3.63) is 30.2 Å². The second kappa shape index (κ2) is 6.78. The summed E-state index contributed by atoms with van der Waals surface area (Å²) < 4.78 is 10.9.